The van der Waals surface area contributed by atoms with Crippen molar-refractivity contribution in [2.45, 2.75) is 12.2 Å². The number of ether oxygens (including phenoxy) is 1. The number of hydrazone groups is 1. The number of benzene rings is 4. The number of amides is 1. The summed E-state index contributed by atoms with van der Waals surface area (Å²) in [6.45, 7) is 0.262. The lowest BCUT2D eigenvalue weighted by Gasteiger charge is -2.27. The molecule has 4 aromatic carbocycles. The van der Waals surface area contributed by atoms with E-state index in [4.69, 9.17) is 4.74 Å². The molecule has 36 heavy (non-hydrogen) atoms. The smallest absolute Gasteiger partial charge is 0.281 e. The second kappa shape index (κ2) is 11.6. The molecule has 1 amide bonds. The number of carbonyl (C=O) groups is 1. The van der Waals surface area contributed by atoms with Crippen LogP contribution in [0.2, 0.25) is 0 Å². The molecular weight excluding hydrogens is 591 g/mol. The summed E-state index contributed by atoms with van der Waals surface area (Å²) in [5.41, 5.74) is 2.90. The van der Waals surface area contributed by atoms with E-state index in [0.29, 0.717) is 31.4 Å². The molecule has 0 bridgehead atoms. The Balaban J connectivity index is 1.49. The molecule has 4 aromatic rings. The molecule has 2 N–H and O–H groups in total. The van der Waals surface area contributed by atoms with Crippen molar-refractivity contribution in [2.24, 2.45) is 5.10 Å². The van der Waals surface area contributed by atoms with Gasteiger partial charge in [0, 0.05) is 0 Å². The third-order valence-corrected chi connectivity index (χ3v) is 6.59. The van der Waals surface area contributed by atoms with Gasteiger partial charge in [0.1, 0.15) is 18.2 Å². The molecule has 8 heteroatoms. The lowest BCUT2D eigenvalue weighted by molar-refractivity contribution is -0.136. The summed E-state index contributed by atoms with van der Waals surface area (Å²) in [6.07, 6.45) is 1.47. The Morgan fingerprint density at radius 3 is 1.97 bits per heavy atom. The van der Waals surface area contributed by atoms with Crippen molar-refractivity contribution in [3.63, 3.8) is 0 Å². The molecule has 4 rings (SSSR count). The Kier molecular flexibility index (Phi) is 8.30. The van der Waals surface area contributed by atoms with Gasteiger partial charge in [-0.25, -0.2) is 9.82 Å². The van der Waals surface area contributed by atoms with Crippen LogP contribution in [-0.4, -0.2) is 17.2 Å². The molecule has 0 unspecified atom stereocenters. The SMILES string of the molecule is O=C(N/N=C/c1cc(Br)c(OCc2ccc(F)cc2)c(Br)c1)C(O)(c1ccccc1)c1ccccc1. The van der Waals surface area contributed by atoms with Gasteiger partial charge in [0.05, 0.1) is 15.2 Å². The van der Waals surface area contributed by atoms with Gasteiger partial charge >= 0.3 is 0 Å². The lowest BCUT2D eigenvalue weighted by atomic mass is 9.85. The second-order valence-electron chi connectivity index (χ2n) is 7.87. The quantitative estimate of drug-likeness (QED) is 0.181. The van der Waals surface area contributed by atoms with Crippen molar-refractivity contribution >= 4 is 44.0 Å². The van der Waals surface area contributed by atoms with Crippen LogP contribution in [0.4, 0.5) is 4.39 Å². The average Bonchev–Trinajstić information content (AvgIpc) is 2.89. The molecule has 0 fully saturated rings. The standard InChI is InChI=1S/C28H21Br2FN2O3/c29-24-15-20(16-25(30)26(24)36-18-19-11-13-23(31)14-12-19)17-32-33-27(34)28(35,21-7-3-1-4-8-21)22-9-5-2-6-10-22/h1-17,35H,18H2,(H,33,34)/b32-17+. The molecular formula is C28H21Br2FN2O3. The summed E-state index contributed by atoms with van der Waals surface area (Å²) < 4.78 is 20.3. The maximum absolute atomic E-state index is 13.1. The minimum atomic E-state index is -1.92. The van der Waals surface area contributed by atoms with Crippen LogP contribution in [0.25, 0.3) is 0 Å². The number of nitrogens with one attached hydrogen (secondary N) is 1. The number of carbonyl (C=O) groups excluding carboxylic acids is 1. The monoisotopic (exact) mass is 610 g/mol. The highest BCUT2D eigenvalue weighted by Crippen LogP contribution is 2.35. The highest BCUT2D eigenvalue weighted by atomic mass is 79.9. The zero-order valence-corrected chi connectivity index (χ0v) is 22.0. The summed E-state index contributed by atoms with van der Waals surface area (Å²) in [7, 11) is 0. The fourth-order valence-electron chi connectivity index (χ4n) is 3.56. The van der Waals surface area contributed by atoms with E-state index < -0.39 is 11.5 Å². The normalized spacial score (nSPS) is 11.4. The lowest BCUT2D eigenvalue weighted by Crippen LogP contribution is -2.43. The summed E-state index contributed by atoms with van der Waals surface area (Å²) in [6, 6.07) is 27.1. The first-order valence-corrected chi connectivity index (χ1v) is 12.5. The van der Waals surface area contributed by atoms with Gasteiger partial charge in [-0.3, -0.25) is 4.79 Å². The molecule has 0 saturated carbocycles. The van der Waals surface area contributed by atoms with E-state index in [1.165, 1.54) is 18.3 Å². The van der Waals surface area contributed by atoms with Crippen LogP contribution < -0.4 is 10.2 Å². The Morgan fingerprint density at radius 1 is 0.917 bits per heavy atom. The third kappa shape index (κ3) is 5.90. The molecule has 0 aliphatic heterocycles. The van der Waals surface area contributed by atoms with Gasteiger partial charge in [0.25, 0.3) is 5.91 Å². The largest absolute Gasteiger partial charge is 0.487 e. The average molecular weight is 612 g/mol. The predicted octanol–water partition coefficient (Wildman–Crippen LogP) is 6.32. The van der Waals surface area contributed by atoms with Crippen molar-refractivity contribution < 1.29 is 19.0 Å². The fraction of sp³-hybridized carbons (Fsp3) is 0.0714. The van der Waals surface area contributed by atoms with Crippen LogP contribution >= 0.6 is 31.9 Å². The number of aliphatic hydroxyl groups is 1. The first-order valence-electron chi connectivity index (χ1n) is 10.9. The summed E-state index contributed by atoms with van der Waals surface area (Å²) in [4.78, 5) is 13.1. The highest BCUT2D eigenvalue weighted by molar-refractivity contribution is 9.11. The predicted molar refractivity (Wildman–Crippen MR) is 144 cm³/mol. The molecule has 182 valence electrons. The second-order valence-corrected chi connectivity index (χ2v) is 9.58. The van der Waals surface area contributed by atoms with Crippen LogP contribution in [0, 0.1) is 5.82 Å². The van der Waals surface area contributed by atoms with E-state index in [-0.39, 0.29) is 12.4 Å². The minimum Gasteiger partial charge on any atom is -0.487 e. The zero-order chi connectivity index (χ0) is 25.5. The summed E-state index contributed by atoms with van der Waals surface area (Å²) >= 11 is 6.99. The molecule has 0 saturated heterocycles. The van der Waals surface area contributed by atoms with Crippen molar-refractivity contribution in [3.05, 3.63) is 134 Å². The van der Waals surface area contributed by atoms with E-state index in [2.05, 4.69) is 42.4 Å². The Hall–Kier alpha value is -3.33. The number of hydrogen-bond donors (Lipinski definition) is 2. The van der Waals surface area contributed by atoms with Gasteiger partial charge in [-0.05, 0) is 78.4 Å². The molecule has 0 aliphatic carbocycles. The molecule has 0 atom stereocenters. The Morgan fingerprint density at radius 2 is 1.44 bits per heavy atom. The third-order valence-electron chi connectivity index (χ3n) is 5.41. The fourth-order valence-corrected chi connectivity index (χ4v) is 5.01. The Bertz CT molecular complexity index is 1300. The van der Waals surface area contributed by atoms with Crippen LogP contribution in [0.15, 0.2) is 111 Å². The van der Waals surface area contributed by atoms with Gasteiger partial charge in [0.2, 0.25) is 0 Å². The van der Waals surface area contributed by atoms with Gasteiger partial charge < -0.3 is 9.84 Å². The van der Waals surface area contributed by atoms with E-state index in [0.717, 1.165) is 5.56 Å². The molecule has 0 heterocycles. The van der Waals surface area contributed by atoms with Crippen molar-refractivity contribution in [1.29, 1.82) is 0 Å². The molecule has 5 nitrogen and oxygen atoms in total. The molecule has 0 aromatic heterocycles. The van der Waals surface area contributed by atoms with Gasteiger partial charge in [-0.2, -0.15) is 5.10 Å². The van der Waals surface area contributed by atoms with Crippen LogP contribution in [0.1, 0.15) is 22.3 Å². The first-order chi connectivity index (χ1) is 17.4. The minimum absolute atomic E-state index is 0.262. The maximum atomic E-state index is 13.1. The van der Waals surface area contributed by atoms with Crippen molar-refractivity contribution in [2.75, 3.05) is 0 Å². The Labute approximate surface area is 224 Å². The number of rotatable bonds is 8. The highest BCUT2D eigenvalue weighted by Gasteiger charge is 2.39. The van der Waals surface area contributed by atoms with E-state index >= 15 is 0 Å². The summed E-state index contributed by atoms with van der Waals surface area (Å²) in [5, 5.41) is 15.5. The van der Waals surface area contributed by atoms with Gasteiger partial charge in [0.15, 0.2) is 5.60 Å². The zero-order valence-electron chi connectivity index (χ0n) is 18.9. The molecule has 0 spiro atoms. The number of hydrogen-bond acceptors (Lipinski definition) is 4. The van der Waals surface area contributed by atoms with Crippen molar-refractivity contribution in [3.8, 4) is 5.75 Å². The van der Waals surface area contributed by atoms with E-state index in [1.807, 2.05) is 12.1 Å². The summed E-state index contributed by atoms with van der Waals surface area (Å²) in [5.74, 6) is -0.417. The molecule has 0 aliphatic rings. The van der Waals surface area contributed by atoms with Gasteiger partial charge in [-0.1, -0.05) is 72.8 Å². The van der Waals surface area contributed by atoms with Gasteiger partial charge in [-0.15, -0.1) is 0 Å². The topological polar surface area (TPSA) is 70.9 Å². The van der Waals surface area contributed by atoms with Crippen LogP contribution in [-0.2, 0) is 17.0 Å². The van der Waals surface area contributed by atoms with Crippen molar-refractivity contribution in [1.82, 2.24) is 5.43 Å². The van der Waals surface area contributed by atoms with Crippen LogP contribution in [0.5, 0.6) is 5.75 Å². The maximum Gasteiger partial charge on any atom is 0.281 e. The van der Waals surface area contributed by atoms with E-state index in [1.54, 1.807) is 72.8 Å². The van der Waals surface area contributed by atoms with E-state index in [9.17, 15) is 14.3 Å². The number of halogens is 3. The molecule has 0 radical (unpaired) electrons. The number of nitrogens with zero attached hydrogens (tertiary/aromatic N) is 1. The first kappa shape index (κ1) is 25.8. The van der Waals surface area contributed by atoms with Crippen LogP contribution in [0.3, 0.4) is 0 Å².